The lowest BCUT2D eigenvalue weighted by atomic mass is 9.82. The molecule has 0 aromatic heterocycles. The Morgan fingerprint density at radius 1 is 1.38 bits per heavy atom. The maximum absolute atomic E-state index is 12.1. The van der Waals surface area contributed by atoms with E-state index in [9.17, 15) is 4.79 Å². The molecular weight excluding hydrogens is 202 g/mol. The van der Waals surface area contributed by atoms with Gasteiger partial charge < -0.3 is 9.64 Å². The standard InChI is InChI=1S/C13H23NO2/c1-14(2)10-12(15)11-5-8-16-13(9-11)6-3-4-7-13/h11H,3-10H2,1-2H3. The van der Waals surface area contributed by atoms with E-state index in [2.05, 4.69) is 0 Å². The predicted octanol–water partition coefficient (Wildman–Crippen LogP) is 1.86. The van der Waals surface area contributed by atoms with Gasteiger partial charge in [-0.25, -0.2) is 0 Å². The van der Waals surface area contributed by atoms with E-state index in [4.69, 9.17) is 4.74 Å². The molecule has 92 valence electrons. The highest BCUT2D eigenvalue weighted by atomic mass is 16.5. The van der Waals surface area contributed by atoms with E-state index in [1.165, 1.54) is 25.7 Å². The van der Waals surface area contributed by atoms with Crippen molar-refractivity contribution in [1.82, 2.24) is 4.90 Å². The van der Waals surface area contributed by atoms with Crippen molar-refractivity contribution in [2.75, 3.05) is 27.2 Å². The second-order valence-electron chi connectivity index (χ2n) is 5.63. The van der Waals surface area contributed by atoms with Crippen molar-refractivity contribution in [3.8, 4) is 0 Å². The predicted molar refractivity (Wildman–Crippen MR) is 63.4 cm³/mol. The zero-order chi connectivity index (χ0) is 11.6. The lowest BCUT2D eigenvalue weighted by Crippen LogP contribution is -2.41. The summed E-state index contributed by atoms with van der Waals surface area (Å²) in [6.07, 6.45) is 6.77. The summed E-state index contributed by atoms with van der Waals surface area (Å²) in [4.78, 5) is 14.0. The van der Waals surface area contributed by atoms with Crippen LogP contribution in [0.25, 0.3) is 0 Å². The SMILES string of the molecule is CN(C)CC(=O)C1CCOC2(CCCC2)C1. The number of ether oxygens (including phenoxy) is 1. The van der Waals surface area contributed by atoms with Crippen LogP contribution in [-0.2, 0) is 9.53 Å². The molecule has 3 heteroatoms. The zero-order valence-corrected chi connectivity index (χ0v) is 10.5. The summed E-state index contributed by atoms with van der Waals surface area (Å²) < 4.78 is 5.95. The average molecular weight is 225 g/mol. The molecule has 0 bridgehead atoms. The van der Waals surface area contributed by atoms with Crippen LogP contribution in [0.15, 0.2) is 0 Å². The summed E-state index contributed by atoms with van der Waals surface area (Å²) in [5.41, 5.74) is 0.0743. The fourth-order valence-electron chi connectivity index (χ4n) is 3.11. The number of likely N-dealkylation sites (N-methyl/N-ethyl adjacent to an activating group) is 1. The van der Waals surface area contributed by atoms with E-state index in [1.54, 1.807) is 0 Å². The van der Waals surface area contributed by atoms with E-state index in [-0.39, 0.29) is 11.5 Å². The summed E-state index contributed by atoms with van der Waals surface area (Å²) >= 11 is 0. The topological polar surface area (TPSA) is 29.5 Å². The smallest absolute Gasteiger partial charge is 0.150 e. The molecular formula is C13H23NO2. The summed E-state index contributed by atoms with van der Waals surface area (Å²) in [6, 6.07) is 0. The summed E-state index contributed by atoms with van der Waals surface area (Å²) in [6.45, 7) is 1.37. The van der Waals surface area contributed by atoms with E-state index in [0.29, 0.717) is 12.3 Å². The quantitative estimate of drug-likeness (QED) is 0.734. The van der Waals surface area contributed by atoms with Crippen LogP contribution in [0.2, 0.25) is 0 Å². The van der Waals surface area contributed by atoms with Gasteiger partial charge in [0.05, 0.1) is 12.1 Å². The molecule has 0 aromatic rings. The van der Waals surface area contributed by atoms with E-state index in [1.807, 2.05) is 19.0 Å². The highest BCUT2D eigenvalue weighted by Gasteiger charge is 2.41. The largest absolute Gasteiger partial charge is 0.375 e. The van der Waals surface area contributed by atoms with Crippen LogP contribution in [0.3, 0.4) is 0 Å². The number of rotatable bonds is 3. The van der Waals surface area contributed by atoms with Crippen molar-refractivity contribution in [2.45, 2.75) is 44.1 Å². The lowest BCUT2D eigenvalue weighted by Gasteiger charge is -2.38. The number of carbonyl (C=O) groups excluding carboxylic acids is 1. The normalized spacial score (nSPS) is 28.8. The Hall–Kier alpha value is -0.410. The van der Waals surface area contributed by atoms with Gasteiger partial charge in [-0.15, -0.1) is 0 Å². The Kier molecular flexibility index (Phi) is 3.65. The third-order valence-corrected chi connectivity index (χ3v) is 3.94. The van der Waals surface area contributed by atoms with Crippen LogP contribution in [-0.4, -0.2) is 43.5 Å². The molecule has 1 unspecified atom stereocenters. The number of nitrogens with zero attached hydrogens (tertiary/aromatic N) is 1. The Labute approximate surface area is 98.1 Å². The molecule has 3 nitrogen and oxygen atoms in total. The zero-order valence-electron chi connectivity index (χ0n) is 10.5. The van der Waals surface area contributed by atoms with Gasteiger partial charge in [0.2, 0.25) is 0 Å². The van der Waals surface area contributed by atoms with Gasteiger partial charge >= 0.3 is 0 Å². The highest BCUT2D eigenvalue weighted by Crippen LogP contribution is 2.42. The Balaban J connectivity index is 1.93. The van der Waals surface area contributed by atoms with E-state index < -0.39 is 0 Å². The van der Waals surface area contributed by atoms with Crippen molar-refractivity contribution in [3.05, 3.63) is 0 Å². The van der Waals surface area contributed by atoms with Gasteiger partial charge in [0.25, 0.3) is 0 Å². The molecule has 0 radical (unpaired) electrons. The average Bonchev–Trinajstić information content (AvgIpc) is 2.65. The summed E-state index contributed by atoms with van der Waals surface area (Å²) in [5.74, 6) is 0.647. The van der Waals surface area contributed by atoms with Crippen molar-refractivity contribution < 1.29 is 9.53 Å². The first kappa shape index (κ1) is 12.1. The van der Waals surface area contributed by atoms with Gasteiger partial charge in [-0.3, -0.25) is 4.79 Å². The Bertz CT molecular complexity index is 257. The van der Waals surface area contributed by atoms with Gasteiger partial charge in [-0.2, -0.15) is 0 Å². The van der Waals surface area contributed by atoms with Gasteiger partial charge in [-0.05, 0) is 39.8 Å². The van der Waals surface area contributed by atoms with Crippen molar-refractivity contribution in [3.63, 3.8) is 0 Å². The van der Waals surface area contributed by atoms with E-state index >= 15 is 0 Å². The second kappa shape index (κ2) is 4.84. The summed E-state index contributed by atoms with van der Waals surface area (Å²) in [5, 5.41) is 0. The molecule has 1 atom stereocenters. The van der Waals surface area contributed by atoms with E-state index in [0.717, 1.165) is 19.4 Å². The highest BCUT2D eigenvalue weighted by molar-refractivity contribution is 5.83. The minimum atomic E-state index is 0.0743. The molecule has 1 saturated heterocycles. The molecule has 1 aliphatic carbocycles. The van der Waals surface area contributed by atoms with Crippen LogP contribution in [0.1, 0.15) is 38.5 Å². The third kappa shape index (κ3) is 2.64. The molecule has 16 heavy (non-hydrogen) atoms. The fourth-order valence-corrected chi connectivity index (χ4v) is 3.11. The summed E-state index contributed by atoms with van der Waals surface area (Å²) in [7, 11) is 3.92. The van der Waals surface area contributed by atoms with Crippen LogP contribution < -0.4 is 0 Å². The number of hydrogen-bond acceptors (Lipinski definition) is 3. The van der Waals surface area contributed by atoms with Crippen molar-refractivity contribution in [1.29, 1.82) is 0 Å². The molecule has 2 aliphatic rings. The van der Waals surface area contributed by atoms with Gasteiger partial charge in [0, 0.05) is 12.5 Å². The van der Waals surface area contributed by atoms with Crippen molar-refractivity contribution in [2.24, 2.45) is 5.92 Å². The molecule has 1 heterocycles. The maximum Gasteiger partial charge on any atom is 0.150 e. The monoisotopic (exact) mass is 225 g/mol. The first-order valence-corrected chi connectivity index (χ1v) is 6.43. The number of carbonyl (C=O) groups is 1. The molecule has 0 amide bonds. The van der Waals surface area contributed by atoms with Crippen LogP contribution in [0.4, 0.5) is 0 Å². The molecule has 1 saturated carbocycles. The number of Topliss-reactive ketones (excluding diaryl/α,β-unsaturated/α-hetero) is 1. The molecule has 1 spiro atoms. The van der Waals surface area contributed by atoms with Crippen molar-refractivity contribution >= 4 is 5.78 Å². The van der Waals surface area contributed by atoms with Crippen LogP contribution in [0, 0.1) is 5.92 Å². The Morgan fingerprint density at radius 2 is 2.06 bits per heavy atom. The van der Waals surface area contributed by atoms with Gasteiger partial charge in [0.15, 0.2) is 0 Å². The third-order valence-electron chi connectivity index (χ3n) is 3.94. The molecule has 0 N–H and O–H groups in total. The second-order valence-corrected chi connectivity index (χ2v) is 5.63. The number of ketones is 1. The minimum Gasteiger partial charge on any atom is -0.375 e. The first-order valence-electron chi connectivity index (χ1n) is 6.43. The molecule has 0 aromatic carbocycles. The lowest BCUT2D eigenvalue weighted by molar-refractivity contribution is -0.136. The molecule has 2 rings (SSSR count). The first-order chi connectivity index (χ1) is 7.61. The van der Waals surface area contributed by atoms with Gasteiger partial charge in [-0.1, -0.05) is 12.8 Å². The van der Waals surface area contributed by atoms with Crippen LogP contribution in [0.5, 0.6) is 0 Å². The fraction of sp³-hybridized carbons (Fsp3) is 0.923. The molecule has 1 aliphatic heterocycles. The van der Waals surface area contributed by atoms with Gasteiger partial charge in [0.1, 0.15) is 5.78 Å². The van der Waals surface area contributed by atoms with Crippen LogP contribution >= 0.6 is 0 Å². The Morgan fingerprint density at radius 3 is 2.69 bits per heavy atom. The number of hydrogen-bond donors (Lipinski definition) is 0. The minimum absolute atomic E-state index is 0.0743. The maximum atomic E-state index is 12.1. The molecule has 2 fully saturated rings.